The Labute approximate surface area is 159 Å². The van der Waals surface area contributed by atoms with E-state index >= 15 is 0 Å². The summed E-state index contributed by atoms with van der Waals surface area (Å²) in [7, 11) is 0. The highest BCUT2D eigenvalue weighted by atomic mass is 16.6. The highest BCUT2D eigenvalue weighted by molar-refractivity contribution is 5.78. The van der Waals surface area contributed by atoms with Crippen LogP contribution in [0.25, 0.3) is 10.9 Å². The van der Waals surface area contributed by atoms with E-state index in [1.165, 1.54) is 4.57 Å². The number of para-hydroxylation sites is 3. The molecule has 1 aliphatic heterocycles. The number of nitrogens with zero attached hydrogens (tertiary/aromatic N) is 1. The van der Waals surface area contributed by atoms with Crippen molar-refractivity contribution in [1.82, 2.24) is 14.9 Å². The third-order valence-electron chi connectivity index (χ3n) is 4.56. The van der Waals surface area contributed by atoms with Gasteiger partial charge in [0.05, 0.1) is 17.4 Å². The van der Waals surface area contributed by atoms with Crippen LogP contribution in [0.15, 0.2) is 58.1 Å². The van der Waals surface area contributed by atoms with E-state index in [1.807, 2.05) is 24.3 Å². The Morgan fingerprint density at radius 3 is 2.71 bits per heavy atom. The Hall–Kier alpha value is -3.55. The molecule has 2 heterocycles. The normalized spacial score (nSPS) is 15.4. The maximum atomic E-state index is 12.2. The number of amides is 1. The zero-order chi connectivity index (χ0) is 19.5. The Morgan fingerprint density at radius 2 is 1.86 bits per heavy atom. The number of aryl methyl sites for hydroxylation is 1. The van der Waals surface area contributed by atoms with E-state index in [4.69, 9.17) is 9.47 Å². The Kier molecular flexibility index (Phi) is 4.84. The minimum atomic E-state index is -0.530. The fourth-order valence-electron chi connectivity index (χ4n) is 3.16. The lowest BCUT2D eigenvalue weighted by molar-refractivity contribution is -0.121. The molecule has 1 aromatic heterocycles. The Bertz CT molecular complexity index is 1130. The molecule has 28 heavy (non-hydrogen) atoms. The first-order valence-electron chi connectivity index (χ1n) is 8.99. The van der Waals surface area contributed by atoms with Gasteiger partial charge in [0.25, 0.3) is 5.56 Å². The third-order valence-corrected chi connectivity index (χ3v) is 4.56. The van der Waals surface area contributed by atoms with E-state index < -0.39 is 11.2 Å². The molecule has 1 atom stereocenters. The van der Waals surface area contributed by atoms with Gasteiger partial charge >= 0.3 is 5.69 Å². The molecule has 8 nitrogen and oxygen atoms in total. The molecular weight excluding hydrogens is 362 g/mol. The van der Waals surface area contributed by atoms with E-state index in [-0.39, 0.29) is 25.0 Å². The molecule has 1 aliphatic rings. The predicted molar refractivity (Wildman–Crippen MR) is 103 cm³/mol. The molecule has 144 valence electrons. The second-order valence-electron chi connectivity index (χ2n) is 6.48. The van der Waals surface area contributed by atoms with E-state index in [9.17, 15) is 14.4 Å². The minimum Gasteiger partial charge on any atom is -0.486 e. The van der Waals surface area contributed by atoms with Gasteiger partial charge in [-0.2, -0.15) is 0 Å². The minimum absolute atomic E-state index is 0.0973. The van der Waals surface area contributed by atoms with E-state index in [2.05, 4.69) is 10.3 Å². The van der Waals surface area contributed by atoms with E-state index in [0.29, 0.717) is 35.6 Å². The summed E-state index contributed by atoms with van der Waals surface area (Å²) < 4.78 is 12.8. The molecule has 8 heteroatoms. The second-order valence-corrected chi connectivity index (χ2v) is 6.48. The summed E-state index contributed by atoms with van der Waals surface area (Å²) in [5, 5.41) is 3.21. The molecule has 0 saturated heterocycles. The lowest BCUT2D eigenvalue weighted by Crippen LogP contribution is -2.41. The van der Waals surface area contributed by atoms with Crippen LogP contribution in [0.3, 0.4) is 0 Å². The summed E-state index contributed by atoms with van der Waals surface area (Å²) in [6.07, 6.45) is -0.185. The van der Waals surface area contributed by atoms with Gasteiger partial charge in [0, 0.05) is 13.0 Å². The molecule has 0 radical (unpaired) electrons. The first kappa shape index (κ1) is 17.8. The summed E-state index contributed by atoms with van der Waals surface area (Å²) in [5.74, 6) is 1.12. The maximum Gasteiger partial charge on any atom is 0.328 e. The van der Waals surface area contributed by atoms with Crippen molar-refractivity contribution in [2.24, 2.45) is 0 Å². The number of nitrogens with one attached hydrogen (secondary N) is 2. The van der Waals surface area contributed by atoms with Crippen molar-refractivity contribution >= 4 is 16.8 Å². The quantitative estimate of drug-likeness (QED) is 0.687. The van der Waals surface area contributed by atoms with Crippen molar-refractivity contribution in [3.8, 4) is 11.5 Å². The van der Waals surface area contributed by atoms with Crippen LogP contribution in [-0.2, 0) is 11.3 Å². The zero-order valence-corrected chi connectivity index (χ0v) is 15.0. The van der Waals surface area contributed by atoms with Gasteiger partial charge in [-0.15, -0.1) is 0 Å². The predicted octanol–water partition coefficient (Wildman–Crippen LogP) is 1.04. The lowest BCUT2D eigenvalue weighted by Gasteiger charge is -2.26. The monoisotopic (exact) mass is 381 g/mol. The SMILES string of the molecule is O=C(CCn1c(=O)[nH]c(=O)c2ccccc21)NC[C@H]1COc2ccccc2O1. The number of hydrogen-bond acceptors (Lipinski definition) is 5. The number of carbonyl (C=O) groups is 1. The largest absolute Gasteiger partial charge is 0.486 e. The Morgan fingerprint density at radius 1 is 1.11 bits per heavy atom. The van der Waals surface area contributed by atoms with Gasteiger partial charge in [-0.05, 0) is 24.3 Å². The van der Waals surface area contributed by atoms with Gasteiger partial charge in [0.2, 0.25) is 5.91 Å². The van der Waals surface area contributed by atoms with Gasteiger partial charge in [-0.25, -0.2) is 4.79 Å². The van der Waals surface area contributed by atoms with Crippen molar-refractivity contribution in [3.63, 3.8) is 0 Å². The standard InChI is InChI=1S/C20H19N3O5/c24-18(21-11-13-12-27-16-7-3-4-8-17(16)28-13)9-10-23-15-6-2-1-5-14(15)19(25)22-20(23)26/h1-8,13H,9-12H2,(H,21,24)(H,22,25,26)/t13-/m0/s1. The molecule has 0 fully saturated rings. The lowest BCUT2D eigenvalue weighted by atomic mass is 10.2. The van der Waals surface area contributed by atoms with Crippen LogP contribution >= 0.6 is 0 Å². The molecular formula is C20H19N3O5. The van der Waals surface area contributed by atoms with Gasteiger partial charge in [-0.3, -0.25) is 19.1 Å². The average Bonchev–Trinajstić information content (AvgIpc) is 2.72. The summed E-state index contributed by atoms with van der Waals surface area (Å²) in [4.78, 5) is 38.5. The number of benzene rings is 2. The summed E-state index contributed by atoms with van der Waals surface area (Å²) in [5.41, 5.74) is -0.460. The number of carbonyl (C=O) groups excluding carboxylic acids is 1. The maximum absolute atomic E-state index is 12.2. The Balaban J connectivity index is 1.36. The number of ether oxygens (including phenoxy) is 2. The van der Waals surface area contributed by atoms with Crippen LogP contribution in [0, 0.1) is 0 Å². The highest BCUT2D eigenvalue weighted by Gasteiger charge is 2.21. The molecule has 2 aromatic carbocycles. The molecule has 4 rings (SSSR count). The van der Waals surface area contributed by atoms with Crippen LogP contribution in [0.1, 0.15) is 6.42 Å². The number of hydrogen-bond donors (Lipinski definition) is 2. The molecule has 2 N–H and O–H groups in total. The smallest absolute Gasteiger partial charge is 0.328 e. The van der Waals surface area contributed by atoms with Crippen molar-refractivity contribution in [1.29, 1.82) is 0 Å². The van der Waals surface area contributed by atoms with Gasteiger partial charge in [0.1, 0.15) is 12.7 Å². The molecule has 0 aliphatic carbocycles. The number of H-pyrrole nitrogens is 1. The van der Waals surface area contributed by atoms with E-state index in [0.717, 1.165) is 0 Å². The zero-order valence-electron chi connectivity index (χ0n) is 15.0. The number of fused-ring (bicyclic) bond motifs is 2. The average molecular weight is 381 g/mol. The number of rotatable bonds is 5. The molecule has 0 saturated carbocycles. The van der Waals surface area contributed by atoms with Gasteiger partial charge in [0.15, 0.2) is 11.5 Å². The molecule has 0 spiro atoms. The van der Waals surface area contributed by atoms with Crippen LogP contribution in [0.5, 0.6) is 11.5 Å². The van der Waals surface area contributed by atoms with Crippen molar-refractivity contribution in [2.75, 3.05) is 13.2 Å². The summed E-state index contributed by atoms with van der Waals surface area (Å²) in [6, 6.07) is 14.2. The number of aromatic nitrogens is 2. The fraction of sp³-hybridized carbons (Fsp3) is 0.250. The third kappa shape index (κ3) is 3.62. The van der Waals surface area contributed by atoms with Crippen LogP contribution in [-0.4, -0.2) is 34.7 Å². The molecule has 1 amide bonds. The van der Waals surface area contributed by atoms with Gasteiger partial charge < -0.3 is 14.8 Å². The van der Waals surface area contributed by atoms with Crippen LogP contribution < -0.4 is 26.0 Å². The molecule has 3 aromatic rings. The van der Waals surface area contributed by atoms with Crippen molar-refractivity contribution in [2.45, 2.75) is 19.1 Å². The molecule has 0 unspecified atom stereocenters. The van der Waals surface area contributed by atoms with Crippen molar-refractivity contribution < 1.29 is 14.3 Å². The van der Waals surface area contributed by atoms with Gasteiger partial charge in [-0.1, -0.05) is 24.3 Å². The first-order valence-corrected chi connectivity index (χ1v) is 8.99. The number of aromatic amines is 1. The first-order chi connectivity index (χ1) is 13.6. The highest BCUT2D eigenvalue weighted by Crippen LogP contribution is 2.30. The summed E-state index contributed by atoms with van der Waals surface area (Å²) in [6.45, 7) is 0.808. The van der Waals surface area contributed by atoms with Crippen LogP contribution in [0.2, 0.25) is 0 Å². The molecule has 0 bridgehead atoms. The van der Waals surface area contributed by atoms with E-state index in [1.54, 1.807) is 24.3 Å². The second kappa shape index (κ2) is 7.59. The topological polar surface area (TPSA) is 102 Å². The fourth-order valence-corrected chi connectivity index (χ4v) is 3.16. The van der Waals surface area contributed by atoms with Crippen LogP contribution in [0.4, 0.5) is 0 Å². The van der Waals surface area contributed by atoms with Crippen molar-refractivity contribution in [3.05, 3.63) is 69.4 Å². The summed E-state index contributed by atoms with van der Waals surface area (Å²) >= 11 is 0.